The molecule has 1 spiro atoms. The van der Waals surface area contributed by atoms with E-state index in [1.54, 1.807) is 60.4 Å². The van der Waals surface area contributed by atoms with E-state index in [-0.39, 0.29) is 29.4 Å². The van der Waals surface area contributed by atoms with Crippen LogP contribution in [0.1, 0.15) is 25.0 Å². The van der Waals surface area contributed by atoms with E-state index in [2.05, 4.69) is 0 Å². The Hall–Kier alpha value is -4.05. The molecule has 2 aliphatic heterocycles. The molecule has 0 aliphatic carbocycles. The Morgan fingerprint density at radius 2 is 1.84 bits per heavy atom. The van der Waals surface area contributed by atoms with Crippen molar-refractivity contribution in [1.82, 2.24) is 0 Å². The molecule has 0 saturated heterocycles. The topological polar surface area (TPSA) is 106 Å². The highest BCUT2D eigenvalue weighted by atomic mass is 16.5. The van der Waals surface area contributed by atoms with E-state index >= 15 is 0 Å². The monoisotopic (exact) mass is 415 g/mol. The van der Waals surface area contributed by atoms with Crippen molar-refractivity contribution in [3.05, 3.63) is 82.8 Å². The summed E-state index contributed by atoms with van der Waals surface area (Å²) in [7, 11) is 0. The molecule has 7 heteroatoms. The van der Waals surface area contributed by atoms with Crippen LogP contribution < -0.4 is 10.6 Å². The maximum absolute atomic E-state index is 14.0. The van der Waals surface area contributed by atoms with Crippen molar-refractivity contribution in [3.8, 4) is 6.07 Å². The number of esters is 1. The van der Waals surface area contributed by atoms with Crippen LogP contribution in [-0.2, 0) is 24.5 Å². The molecular formula is C24H21N3O4. The zero-order valence-electron chi connectivity index (χ0n) is 17.2. The number of hydrogen-bond donors (Lipinski definition) is 1. The Balaban J connectivity index is 2.16. The lowest BCUT2D eigenvalue weighted by molar-refractivity contribution is -0.140. The van der Waals surface area contributed by atoms with Gasteiger partial charge < -0.3 is 20.1 Å². The molecular weight excluding hydrogens is 394 g/mol. The van der Waals surface area contributed by atoms with Crippen LogP contribution in [0.4, 0.5) is 5.69 Å². The van der Waals surface area contributed by atoms with Gasteiger partial charge in [-0.1, -0.05) is 48.5 Å². The van der Waals surface area contributed by atoms with Crippen LogP contribution in [0, 0.1) is 11.3 Å². The number of nitrogens with zero attached hydrogens (tertiary/aromatic N) is 2. The summed E-state index contributed by atoms with van der Waals surface area (Å²) in [4.78, 5) is 28.9. The predicted molar refractivity (Wildman–Crippen MR) is 114 cm³/mol. The minimum atomic E-state index is -1.75. The number of carbonyl (C=O) groups excluding carboxylic acids is 2. The average Bonchev–Trinajstić information content (AvgIpc) is 3.02. The minimum Gasteiger partial charge on any atom is -0.462 e. The molecule has 1 amide bonds. The number of rotatable bonds is 4. The summed E-state index contributed by atoms with van der Waals surface area (Å²) in [5, 5.41) is 10.1. The van der Waals surface area contributed by atoms with Crippen molar-refractivity contribution < 1.29 is 19.1 Å². The Morgan fingerprint density at radius 3 is 2.48 bits per heavy atom. The predicted octanol–water partition coefficient (Wildman–Crippen LogP) is 2.99. The molecule has 7 nitrogen and oxygen atoms in total. The number of hydrogen-bond acceptors (Lipinski definition) is 6. The molecule has 31 heavy (non-hydrogen) atoms. The van der Waals surface area contributed by atoms with Gasteiger partial charge in [0.05, 0.1) is 6.61 Å². The van der Waals surface area contributed by atoms with Gasteiger partial charge in [0.25, 0.3) is 0 Å². The van der Waals surface area contributed by atoms with E-state index in [1.165, 1.54) is 0 Å². The normalized spacial score (nSPS) is 19.9. The Morgan fingerprint density at radius 1 is 1.16 bits per heavy atom. The fourth-order valence-corrected chi connectivity index (χ4v) is 4.32. The molecule has 0 aromatic heterocycles. The van der Waals surface area contributed by atoms with E-state index in [1.807, 2.05) is 19.1 Å². The average molecular weight is 415 g/mol. The lowest BCUT2D eigenvalue weighted by atomic mass is 9.67. The van der Waals surface area contributed by atoms with Crippen LogP contribution in [0.5, 0.6) is 0 Å². The molecule has 1 unspecified atom stereocenters. The van der Waals surface area contributed by atoms with Crippen molar-refractivity contribution in [1.29, 1.82) is 5.26 Å². The quantitative estimate of drug-likeness (QED) is 0.770. The lowest BCUT2D eigenvalue weighted by Gasteiger charge is -2.35. The number of carbonyl (C=O) groups is 2. The fraction of sp³-hybridized carbons (Fsp3) is 0.208. The van der Waals surface area contributed by atoms with Crippen LogP contribution in [0.3, 0.4) is 0 Å². The summed E-state index contributed by atoms with van der Waals surface area (Å²) >= 11 is 0. The van der Waals surface area contributed by atoms with Gasteiger partial charge in [-0.3, -0.25) is 4.79 Å². The smallest absolute Gasteiger partial charge is 0.339 e. The highest BCUT2D eigenvalue weighted by molar-refractivity contribution is 6.20. The molecule has 0 fully saturated rings. The molecule has 2 aromatic rings. The number of benzene rings is 2. The highest BCUT2D eigenvalue weighted by Crippen LogP contribution is 2.55. The van der Waals surface area contributed by atoms with E-state index in [0.29, 0.717) is 23.4 Å². The molecule has 0 radical (unpaired) electrons. The molecule has 2 aromatic carbocycles. The van der Waals surface area contributed by atoms with Gasteiger partial charge >= 0.3 is 5.97 Å². The van der Waals surface area contributed by atoms with Gasteiger partial charge in [-0.15, -0.1) is 0 Å². The van der Waals surface area contributed by atoms with Crippen molar-refractivity contribution in [3.63, 3.8) is 0 Å². The number of nitriles is 1. The lowest BCUT2D eigenvalue weighted by Crippen LogP contribution is -2.48. The first-order valence-electron chi connectivity index (χ1n) is 9.99. The third-order valence-corrected chi connectivity index (χ3v) is 5.54. The third-order valence-electron chi connectivity index (χ3n) is 5.54. The highest BCUT2D eigenvalue weighted by Gasteiger charge is 2.62. The standard InChI is InChI=1S/C24H21N3O4/c1-3-27-18-13-9-8-12-16(18)24(23(27)29)17(14-25)21(26)31-20(15-10-6-5-7-11-15)19(24)22(28)30-4-2/h5-13H,3-4,26H2,1-2H3. The second kappa shape index (κ2) is 7.65. The second-order valence-corrected chi connectivity index (χ2v) is 7.06. The number of anilines is 1. The molecule has 156 valence electrons. The summed E-state index contributed by atoms with van der Waals surface area (Å²) in [6.07, 6.45) is 0. The number of para-hydroxylation sites is 1. The van der Waals surface area contributed by atoms with Gasteiger partial charge in [0, 0.05) is 23.4 Å². The van der Waals surface area contributed by atoms with Gasteiger partial charge in [-0.05, 0) is 19.9 Å². The van der Waals surface area contributed by atoms with E-state index < -0.39 is 17.3 Å². The van der Waals surface area contributed by atoms with Crippen molar-refractivity contribution in [2.45, 2.75) is 19.3 Å². The number of likely N-dealkylation sites (N-methyl/N-ethyl adjacent to an activating group) is 1. The van der Waals surface area contributed by atoms with Crippen molar-refractivity contribution >= 4 is 23.3 Å². The minimum absolute atomic E-state index is 0.0419. The summed E-state index contributed by atoms with van der Waals surface area (Å²) in [6.45, 7) is 3.95. The maximum atomic E-state index is 14.0. The van der Waals surface area contributed by atoms with Gasteiger partial charge in [0.15, 0.2) is 5.41 Å². The number of ether oxygens (including phenoxy) is 2. The zero-order valence-corrected chi connectivity index (χ0v) is 17.2. The molecule has 2 aliphatic rings. The number of amides is 1. The maximum Gasteiger partial charge on any atom is 0.339 e. The summed E-state index contributed by atoms with van der Waals surface area (Å²) in [5.41, 5.74) is 5.94. The van der Waals surface area contributed by atoms with Gasteiger partial charge in [0.2, 0.25) is 11.8 Å². The Labute approximate surface area is 180 Å². The van der Waals surface area contributed by atoms with E-state index in [0.717, 1.165) is 0 Å². The second-order valence-electron chi connectivity index (χ2n) is 7.06. The van der Waals surface area contributed by atoms with Crippen LogP contribution in [0.25, 0.3) is 5.76 Å². The van der Waals surface area contributed by atoms with Gasteiger partial charge in [-0.2, -0.15) is 5.26 Å². The summed E-state index contributed by atoms with van der Waals surface area (Å²) in [6, 6.07) is 18.0. The van der Waals surface area contributed by atoms with Crippen LogP contribution in [-0.4, -0.2) is 25.0 Å². The molecule has 2 N–H and O–H groups in total. The van der Waals surface area contributed by atoms with Crippen LogP contribution in [0.2, 0.25) is 0 Å². The van der Waals surface area contributed by atoms with Crippen LogP contribution >= 0.6 is 0 Å². The van der Waals surface area contributed by atoms with Crippen molar-refractivity contribution in [2.24, 2.45) is 5.73 Å². The summed E-state index contributed by atoms with van der Waals surface area (Å²) in [5.74, 6) is -1.27. The molecule has 1 atom stereocenters. The first-order valence-corrected chi connectivity index (χ1v) is 9.99. The third kappa shape index (κ3) is 2.72. The molecule has 0 bridgehead atoms. The first-order chi connectivity index (χ1) is 15.0. The van der Waals surface area contributed by atoms with E-state index in [9.17, 15) is 14.9 Å². The zero-order chi connectivity index (χ0) is 22.2. The van der Waals surface area contributed by atoms with Gasteiger partial charge in [0.1, 0.15) is 23.0 Å². The van der Waals surface area contributed by atoms with Crippen molar-refractivity contribution in [2.75, 3.05) is 18.1 Å². The Kier molecular flexibility index (Phi) is 4.99. The largest absolute Gasteiger partial charge is 0.462 e. The number of fused-ring (bicyclic) bond motifs is 2. The molecule has 0 saturated carbocycles. The SMILES string of the molecule is CCOC(=O)C1=C(c2ccccc2)OC(N)=C(C#N)C12C(=O)N(CC)c1ccccc12. The number of nitrogens with two attached hydrogens (primary N) is 1. The molecule has 4 rings (SSSR count). The van der Waals surface area contributed by atoms with Gasteiger partial charge in [-0.25, -0.2) is 4.79 Å². The van der Waals surface area contributed by atoms with E-state index in [4.69, 9.17) is 15.2 Å². The van der Waals surface area contributed by atoms with Crippen LogP contribution in [0.15, 0.2) is 71.6 Å². The summed E-state index contributed by atoms with van der Waals surface area (Å²) < 4.78 is 11.2. The fourth-order valence-electron chi connectivity index (χ4n) is 4.32. The molecule has 2 heterocycles. The Bertz CT molecular complexity index is 1180. The first kappa shape index (κ1) is 20.2.